The number of hydrogen-bond donors (Lipinski definition) is 9. The number of hydrogen-bond acceptors (Lipinski definition) is 4. The summed E-state index contributed by atoms with van der Waals surface area (Å²) in [5, 5.41) is 30.2. The molecule has 14 nitrogen and oxygen atoms in total. The van der Waals surface area contributed by atoms with Crippen molar-refractivity contribution >= 4 is 35.5 Å². The quantitative estimate of drug-likeness (QED) is 0.121. The smallest absolute Gasteiger partial charge is 0.385 e. The van der Waals surface area contributed by atoms with Crippen LogP contribution in [0.4, 0.5) is 0 Å². The number of carbonyl (C=O) groups is 2. The third-order valence-electron chi connectivity index (χ3n) is 2.17. The first-order valence-corrected chi connectivity index (χ1v) is 7.01. The van der Waals surface area contributed by atoms with Crippen molar-refractivity contribution in [2.24, 2.45) is 27.9 Å². The zero-order valence-corrected chi connectivity index (χ0v) is 16.2. The molecule has 0 aromatic carbocycles. The molecule has 1 unspecified atom stereocenters. The van der Waals surface area contributed by atoms with Crippen LogP contribution in [0.1, 0.15) is 12.8 Å². The second-order valence-corrected chi connectivity index (χ2v) is 4.88. The van der Waals surface area contributed by atoms with Gasteiger partial charge in [0.1, 0.15) is 24.7 Å². The lowest BCUT2D eigenvalue weighted by Gasteiger charge is -2.10. The van der Waals surface area contributed by atoms with E-state index in [4.69, 9.17) is 38.9 Å². The average Bonchev–Trinajstić information content (AvgIpc) is 2.46. The van der Waals surface area contributed by atoms with Crippen LogP contribution in [0.5, 0.6) is 0 Å². The molecule has 0 radical (unpaired) electrons. The summed E-state index contributed by atoms with van der Waals surface area (Å²) in [4.78, 5) is 27.2. The molecular weight excluding hydrogens is 360 g/mol. The van der Waals surface area contributed by atoms with Crippen LogP contribution < -0.4 is 44.2 Å². The molecule has 0 aromatic heterocycles. The molecule has 0 bridgehead atoms. The van der Waals surface area contributed by atoms with Gasteiger partial charge < -0.3 is 44.5 Å². The highest BCUT2D eigenvalue weighted by Crippen LogP contribution is 1.83. The summed E-state index contributed by atoms with van der Waals surface area (Å²) >= 11 is 0. The van der Waals surface area contributed by atoms with E-state index in [1.807, 2.05) is 0 Å². The maximum atomic E-state index is 9.80. The van der Waals surface area contributed by atoms with Gasteiger partial charge in [-0.2, -0.15) is 0 Å². The van der Waals surface area contributed by atoms with Crippen LogP contribution in [0.25, 0.3) is 0 Å². The number of carboxylic acids is 2. The van der Waals surface area contributed by atoms with Crippen molar-refractivity contribution in [2.45, 2.75) is 18.9 Å². The fourth-order valence-electron chi connectivity index (χ4n) is 0.841. The standard InChI is InChI=1S/C5H12N4.C4H7NO4.C3H9N5.CH3/c1-9(2)5(8)3-4(6)7;5-2(4(8)9)1-3(6)7;1-7-3(6)8-2(4)5;/h8H,3H2,1-2H3,(H3,6,7);2H,1,5H2,(H,6,7)(H,8,9);1H3,(H6,4,5,6,7,8);1H3/q;;;-1/p+2. The molecule has 0 spiro atoms. The predicted octanol–water partition coefficient (Wildman–Crippen LogP) is -8.41. The number of aliphatic carboxylic acids is 2. The molecule has 0 aromatic rings. The van der Waals surface area contributed by atoms with Crippen molar-refractivity contribution in [1.82, 2.24) is 4.90 Å². The van der Waals surface area contributed by atoms with Crippen LogP contribution in [-0.2, 0) is 9.59 Å². The molecule has 0 heterocycles. The average molecular weight is 393 g/mol. The summed E-state index contributed by atoms with van der Waals surface area (Å²) in [5.41, 5.74) is 23.2. The Bertz CT molecular complexity index is 541. The molecule has 27 heavy (non-hydrogen) atoms. The van der Waals surface area contributed by atoms with Crippen molar-refractivity contribution in [1.29, 1.82) is 5.41 Å². The lowest BCUT2D eigenvalue weighted by Crippen LogP contribution is -2.70. The highest BCUT2D eigenvalue weighted by Gasteiger charge is 2.11. The van der Waals surface area contributed by atoms with E-state index in [9.17, 15) is 14.7 Å². The minimum absolute atomic E-state index is 0. The van der Waals surface area contributed by atoms with Gasteiger partial charge in [0.15, 0.2) is 0 Å². The fraction of sp³-hybridized carbons (Fsp3) is 0.462. The van der Waals surface area contributed by atoms with Crippen molar-refractivity contribution in [3.8, 4) is 0 Å². The van der Waals surface area contributed by atoms with E-state index in [0.717, 1.165) is 0 Å². The van der Waals surface area contributed by atoms with Gasteiger partial charge in [-0.3, -0.25) is 32.1 Å². The molecule has 14 heteroatoms. The van der Waals surface area contributed by atoms with E-state index in [1.54, 1.807) is 26.0 Å². The van der Waals surface area contributed by atoms with Gasteiger partial charge in [0, 0.05) is 14.1 Å². The van der Waals surface area contributed by atoms with Crippen LogP contribution >= 0.6 is 0 Å². The maximum absolute atomic E-state index is 9.80. The number of guanidine groups is 2. The molecule has 158 valence electrons. The molecular formula is C13H33N10O4+. The Balaban J connectivity index is -0.000000145. The lowest BCUT2D eigenvalue weighted by atomic mass is 10.2. The van der Waals surface area contributed by atoms with Crippen molar-refractivity contribution in [3.05, 3.63) is 7.43 Å². The van der Waals surface area contributed by atoms with Gasteiger partial charge in [0.05, 0.1) is 13.0 Å². The van der Waals surface area contributed by atoms with E-state index in [1.165, 1.54) is 0 Å². The zero-order chi connectivity index (χ0) is 21.4. The van der Waals surface area contributed by atoms with E-state index in [0.29, 0.717) is 12.3 Å². The second kappa shape index (κ2) is 17.4. The molecule has 0 saturated carbocycles. The summed E-state index contributed by atoms with van der Waals surface area (Å²) < 4.78 is 0. The Labute approximate surface area is 158 Å². The van der Waals surface area contributed by atoms with Gasteiger partial charge >= 0.3 is 11.9 Å². The van der Waals surface area contributed by atoms with E-state index in [-0.39, 0.29) is 25.2 Å². The third kappa shape index (κ3) is 27.7. The summed E-state index contributed by atoms with van der Waals surface area (Å²) in [7, 11) is 5.19. The fourth-order valence-corrected chi connectivity index (χ4v) is 0.841. The Morgan fingerprint density at radius 1 is 1.33 bits per heavy atom. The molecule has 0 aliphatic rings. The van der Waals surface area contributed by atoms with E-state index < -0.39 is 24.4 Å². The monoisotopic (exact) mass is 393 g/mol. The van der Waals surface area contributed by atoms with Crippen LogP contribution in [0.3, 0.4) is 0 Å². The number of nitrogens with two attached hydrogens (primary N) is 5. The number of nitrogens with one attached hydrogen (secondary N) is 2. The first-order chi connectivity index (χ1) is 11.7. The Kier molecular flexibility index (Phi) is 20.2. The number of quaternary nitrogens is 1. The molecule has 0 fully saturated rings. The molecule has 1 atom stereocenters. The van der Waals surface area contributed by atoms with Gasteiger partial charge in [-0.05, 0) is 4.99 Å². The topological polar surface area (TPSA) is 288 Å². The SMILES string of the molecule is CN(C)C(=N)CC(N)=[NH2+].C[NH+]=C(N)N=C(N)N.[CH3-].[NH3+]C(CC(=O)O)C(=O)[O-]. The van der Waals surface area contributed by atoms with Gasteiger partial charge in [-0.15, -0.1) is 0 Å². The van der Waals surface area contributed by atoms with Crippen LogP contribution in [-0.4, -0.2) is 72.7 Å². The maximum Gasteiger partial charge on any atom is 0.385 e. The van der Waals surface area contributed by atoms with Crippen LogP contribution in [0.2, 0.25) is 0 Å². The van der Waals surface area contributed by atoms with Crippen LogP contribution in [0, 0.1) is 12.8 Å². The summed E-state index contributed by atoms with van der Waals surface area (Å²) in [6, 6.07) is -1.15. The molecule has 16 N–H and O–H groups in total. The normalized spacial score (nSPS) is 10.3. The first-order valence-electron chi connectivity index (χ1n) is 7.01. The largest absolute Gasteiger partial charge is 0.544 e. The van der Waals surface area contributed by atoms with Crippen LogP contribution in [0.15, 0.2) is 4.99 Å². The Hall–Kier alpha value is -3.42. The lowest BCUT2D eigenvalue weighted by molar-refractivity contribution is -0.436. The number of aliphatic imine (C=N–C) groups is 1. The van der Waals surface area contributed by atoms with Crippen molar-refractivity contribution in [3.63, 3.8) is 0 Å². The molecule has 0 amide bonds. The number of amidine groups is 2. The number of carbonyl (C=O) groups excluding carboxylic acids is 1. The highest BCUT2D eigenvalue weighted by atomic mass is 16.4. The zero-order valence-electron chi connectivity index (χ0n) is 16.2. The van der Waals surface area contributed by atoms with E-state index in [2.05, 4.69) is 15.7 Å². The van der Waals surface area contributed by atoms with Gasteiger partial charge in [0.2, 0.25) is 5.84 Å². The van der Waals surface area contributed by atoms with E-state index >= 15 is 0 Å². The second-order valence-electron chi connectivity index (χ2n) is 4.88. The third-order valence-corrected chi connectivity index (χ3v) is 2.17. The molecule has 0 aliphatic carbocycles. The number of rotatable bonds is 5. The summed E-state index contributed by atoms with van der Waals surface area (Å²) in [5.74, 6) is -1.73. The van der Waals surface area contributed by atoms with Gasteiger partial charge in [-0.25, -0.2) is 0 Å². The first kappa shape index (κ1) is 31.4. The van der Waals surface area contributed by atoms with Gasteiger partial charge in [0.25, 0.3) is 5.96 Å². The van der Waals surface area contributed by atoms with Gasteiger partial charge in [-0.1, -0.05) is 0 Å². The summed E-state index contributed by atoms with van der Waals surface area (Å²) in [6.45, 7) is 0. The minimum atomic E-state index is -1.43. The Morgan fingerprint density at radius 2 is 1.78 bits per heavy atom. The molecule has 0 saturated heterocycles. The van der Waals surface area contributed by atoms with Crippen molar-refractivity contribution in [2.75, 3.05) is 21.1 Å². The number of carboxylic acid groups (broad SMARTS) is 2. The minimum Gasteiger partial charge on any atom is -0.544 e. The highest BCUT2D eigenvalue weighted by molar-refractivity contribution is 5.97. The molecule has 0 rings (SSSR count). The number of nitrogens with zero attached hydrogens (tertiary/aromatic N) is 2. The van der Waals surface area contributed by atoms with Crippen molar-refractivity contribution < 1.29 is 35.9 Å². The molecule has 0 aliphatic heterocycles. The Morgan fingerprint density at radius 3 is 1.89 bits per heavy atom. The summed E-state index contributed by atoms with van der Waals surface area (Å²) in [6.07, 6.45) is -0.130. The predicted molar refractivity (Wildman–Crippen MR) is 99.4 cm³/mol.